The molecule has 1 aliphatic heterocycles. The van der Waals surface area contributed by atoms with Gasteiger partial charge in [-0.05, 0) is 37.1 Å². The number of hydrogen-bond acceptors (Lipinski definition) is 4. The molecule has 1 aromatic heterocycles. The molecule has 2 atom stereocenters. The van der Waals surface area contributed by atoms with Gasteiger partial charge in [0.15, 0.2) is 0 Å². The maximum absolute atomic E-state index is 12.7. The third kappa shape index (κ3) is 3.56. The van der Waals surface area contributed by atoms with Gasteiger partial charge in [-0.2, -0.15) is 5.10 Å². The van der Waals surface area contributed by atoms with Crippen LogP contribution in [0.25, 0.3) is 0 Å². The number of hydrogen-bond donors (Lipinski definition) is 0. The Balaban J connectivity index is 1.70. The summed E-state index contributed by atoms with van der Waals surface area (Å²) in [5.74, 6) is 0.0155. The molecule has 0 aliphatic carbocycles. The Hall–Kier alpha value is -2.02. The van der Waals surface area contributed by atoms with E-state index in [-0.39, 0.29) is 17.2 Å². The van der Waals surface area contributed by atoms with Crippen LogP contribution in [0.5, 0.6) is 0 Å². The molecule has 0 N–H and O–H groups in total. The van der Waals surface area contributed by atoms with E-state index in [0.717, 1.165) is 24.3 Å². The van der Waals surface area contributed by atoms with E-state index in [1.165, 1.54) is 6.33 Å². The zero-order valence-electron chi connectivity index (χ0n) is 14.0. The summed E-state index contributed by atoms with van der Waals surface area (Å²) in [6.07, 6.45) is 5.17. The van der Waals surface area contributed by atoms with Gasteiger partial charge in [-0.15, -0.1) is 0 Å². The van der Waals surface area contributed by atoms with Crippen molar-refractivity contribution in [2.75, 3.05) is 13.1 Å². The molecule has 3 rings (SSSR count). The smallest absolute Gasteiger partial charge is 0.253 e. The minimum Gasteiger partial charge on any atom is -0.337 e. The van der Waals surface area contributed by atoms with Crippen LogP contribution in [0.15, 0.2) is 41.8 Å². The van der Waals surface area contributed by atoms with Crippen molar-refractivity contribution in [1.82, 2.24) is 19.7 Å². The summed E-state index contributed by atoms with van der Waals surface area (Å²) in [4.78, 5) is 19.3. The van der Waals surface area contributed by atoms with E-state index in [1.807, 2.05) is 23.4 Å². The molecule has 0 radical (unpaired) electrons. The SMILES string of the molecule is CC(C)[S@](=O)c1ccc(C(=O)N2CCC[C@H](n3cncn3)C2)cc1. The Morgan fingerprint density at radius 3 is 2.67 bits per heavy atom. The number of aromatic nitrogens is 3. The predicted molar refractivity (Wildman–Crippen MR) is 92.2 cm³/mol. The van der Waals surface area contributed by atoms with Gasteiger partial charge >= 0.3 is 0 Å². The van der Waals surface area contributed by atoms with Gasteiger partial charge in [0, 0.05) is 28.8 Å². The summed E-state index contributed by atoms with van der Waals surface area (Å²) in [6.45, 7) is 5.24. The van der Waals surface area contributed by atoms with Crippen molar-refractivity contribution in [3.63, 3.8) is 0 Å². The van der Waals surface area contributed by atoms with Crippen LogP contribution in [-0.2, 0) is 10.8 Å². The zero-order chi connectivity index (χ0) is 17.1. The fraction of sp³-hybridized carbons (Fsp3) is 0.471. The largest absolute Gasteiger partial charge is 0.337 e. The highest BCUT2D eigenvalue weighted by Crippen LogP contribution is 2.22. The number of amides is 1. The lowest BCUT2D eigenvalue weighted by Crippen LogP contribution is -2.40. The van der Waals surface area contributed by atoms with E-state index in [2.05, 4.69) is 10.1 Å². The second-order valence-corrected chi connectivity index (χ2v) is 8.30. The van der Waals surface area contributed by atoms with E-state index >= 15 is 0 Å². The highest BCUT2D eigenvalue weighted by molar-refractivity contribution is 7.85. The van der Waals surface area contributed by atoms with Crippen LogP contribution in [0.3, 0.4) is 0 Å². The molecule has 0 unspecified atom stereocenters. The Bertz CT molecular complexity index is 713. The van der Waals surface area contributed by atoms with E-state index in [1.54, 1.807) is 30.6 Å². The number of carbonyl (C=O) groups excluding carboxylic acids is 1. The molecule has 0 bridgehead atoms. The van der Waals surface area contributed by atoms with Crippen LogP contribution >= 0.6 is 0 Å². The molecule has 1 aromatic carbocycles. The Morgan fingerprint density at radius 1 is 1.29 bits per heavy atom. The second kappa shape index (κ2) is 7.25. The fourth-order valence-corrected chi connectivity index (χ4v) is 3.90. The number of carbonyl (C=O) groups is 1. The van der Waals surface area contributed by atoms with Crippen LogP contribution in [-0.4, -0.2) is 48.1 Å². The standard InChI is InChI=1S/C17H22N4O2S/c1-13(2)24(23)16-7-5-14(6-8-16)17(22)20-9-3-4-15(10-20)21-12-18-11-19-21/h5-8,11-13,15H,3-4,9-10H2,1-2H3/t15-,24-/m0/s1. The molecule has 0 saturated carbocycles. The van der Waals surface area contributed by atoms with E-state index in [0.29, 0.717) is 12.1 Å². The summed E-state index contributed by atoms with van der Waals surface area (Å²) in [5, 5.41) is 4.25. The predicted octanol–water partition coefficient (Wildman–Crippen LogP) is 2.27. The van der Waals surface area contributed by atoms with Gasteiger partial charge in [-0.25, -0.2) is 9.67 Å². The third-order valence-corrected chi connectivity index (χ3v) is 5.85. The molecule has 6 nitrogen and oxygen atoms in total. The molecule has 128 valence electrons. The van der Waals surface area contributed by atoms with Crippen molar-refractivity contribution < 1.29 is 9.00 Å². The van der Waals surface area contributed by atoms with Crippen molar-refractivity contribution in [2.45, 2.75) is 42.9 Å². The maximum atomic E-state index is 12.7. The Kier molecular flexibility index (Phi) is 5.08. The maximum Gasteiger partial charge on any atom is 0.253 e. The third-order valence-electron chi connectivity index (χ3n) is 4.26. The fourth-order valence-electron chi connectivity index (χ4n) is 2.95. The minimum absolute atomic E-state index is 0.0155. The van der Waals surface area contributed by atoms with Gasteiger partial charge < -0.3 is 4.90 Å². The lowest BCUT2D eigenvalue weighted by atomic mass is 10.0. The number of rotatable bonds is 4. The van der Waals surface area contributed by atoms with E-state index in [9.17, 15) is 9.00 Å². The molecular formula is C17H22N4O2S. The van der Waals surface area contributed by atoms with Crippen molar-refractivity contribution in [1.29, 1.82) is 0 Å². The topological polar surface area (TPSA) is 68.1 Å². The van der Waals surface area contributed by atoms with Crippen molar-refractivity contribution in [3.8, 4) is 0 Å². The van der Waals surface area contributed by atoms with Crippen molar-refractivity contribution in [2.24, 2.45) is 0 Å². The van der Waals surface area contributed by atoms with Gasteiger partial charge in [0.1, 0.15) is 12.7 Å². The first-order valence-electron chi connectivity index (χ1n) is 8.20. The average Bonchev–Trinajstić information content (AvgIpc) is 3.15. The van der Waals surface area contributed by atoms with Gasteiger partial charge in [0.2, 0.25) is 0 Å². The summed E-state index contributed by atoms with van der Waals surface area (Å²) in [6, 6.07) is 7.32. The minimum atomic E-state index is -1.03. The summed E-state index contributed by atoms with van der Waals surface area (Å²) >= 11 is 0. The van der Waals surface area contributed by atoms with E-state index < -0.39 is 10.8 Å². The second-order valence-electron chi connectivity index (χ2n) is 6.29. The molecule has 1 aliphatic rings. The highest BCUT2D eigenvalue weighted by atomic mass is 32.2. The van der Waals surface area contributed by atoms with Crippen LogP contribution < -0.4 is 0 Å². The van der Waals surface area contributed by atoms with Crippen molar-refractivity contribution >= 4 is 16.7 Å². The Labute approximate surface area is 144 Å². The molecule has 1 saturated heterocycles. The zero-order valence-corrected chi connectivity index (χ0v) is 14.8. The van der Waals surface area contributed by atoms with Gasteiger partial charge in [-0.1, -0.05) is 13.8 Å². The number of likely N-dealkylation sites (tertiary alicyclic amines) is 1. The summed E-state index contributed by atoms with van der Waals surface area (Å²) in [5.41, 5.74) is 0.638. The molecule has 2 aromatic rings. The molecule has 7 heteroatoms. The van der Waals surface area contributed by atoms with Crippen LogP contribution in [0.4, 0.5) is 0 Å². The van der Waals surface area contributed by atoms with Gasteiger partial charge in [-0.3, -0.25) is 9.00 Å². The van der Waals surface area contributed by atoms with E-state index in [4.69, 9.17) is 0 Å². The number of piperidine rings is 1. The first-order chi connectivity index (χ1) is 11.6. The molecule has 1 amide bonds. The number of nitrogens with zero attached hydrogens (tertiary/aromatic N) is 4. The average molecular weight is 346 g/mol. The van der Waals surface area contributed by atoms with Crippen LogP contribution in [0.2, 0.25) is 0 Å². The quantitative estimate of drug-likeness (QED) is 0.852. The molecular weight excluding hydrogens is 324 g/mol. The van der Waals surface area contributed by atoms with Crippen LogP contribution in [0.1, 0.15) is 43.1 Å². The normalized spacial score (nSPS) is 19.5. The van der Waals surface area contributed by atoms with Gasteiger partial charge in [0.05, 0.1) is 16.8 Å². The molecule has 2 heterocycles. The number of benzene rings is 1. The highest BCUT2D eigenvalue weighted by Gasteiger charge is 2.26. The first-order valence-corrected chi connectivity index (χ1v) is 9.41. The lowest BCUT2D eigenvalue weighted by molar-refractivity contribution is 0.0672. The lowest BCUT2D eigenvalue weighted by Gasteiger charge is -2.32. The Morgan fingerprint density at radius 2 is 2.04 bits per heavy atom. The van der Waals surface area contributed by atoms with Crippen LogP contribution in [0, 0.1) is 0 Å². The first kappa shape index (κ1) is 16.8. The molecule has 1 fully saturated rings. The monoisotopic (exact) mass is 346 g/mol. The molecule has 24 heavy (non-hydrogen) atoms. The van der Waals surface area contributed by atoms with Gasteiger partial charge in [0.25, 0.3) is 5.91 Å². The summed E-state index contributed by atoms with van der Waals surface area (Å²) < 4.78 is 13.9. The molecule has 0 spiro atoms. The van der Waals surface area contributed by atoms with Crippen molar-refractivity contribution in [3.05, 3.63) is 42.5 Å². The summed E-state index contributed by atoms with van der Waals surface area (Å²) in [7, 11) is -1.03.